The van der Waals surface area contributed by atoms with Crippen LogP contribution >= 0.6 is 45.2 Å². The zero-order valence-corrected chi connectivity index (χ0v) is 14.5. The molecule has 0 aliphatic carbocycles. The lowest BCUT2D eigenvalue weighted by Gasteiger charge is -2.36. The van der Waals surface area contributed by atoms with Gasteiger partial charge in [0.05, 0.1) is 0 Å². The third kappa shape index (κ3) is 1.95. The van der Waals surface area contributed by atoms with E-state index in [9.17, 15) is 0 Å². The number of benzene rings is 2. The van der Waals surface area contributed by atoms with Crippen LogP contribution in [0.4, 0.5) is 11.4 Å². The fourth-order valence-electron chi connectivity index (χ4n) is 2.58. The number of hydrogen-bond acceptors (Lipinski definition) is 1. The second-order valence-electron chi connectivity index (χ2n) is 5.13. The molecule has 0 saturated heterocycles. The molecule has 92 valence electrons. The van der Waals surface area contributed by atoms with Crippen LogP contribution in [-0.4, -0.2) is 0 Å². The smallest absolute Gasteiger partial charge is 0.0426 e. The number of rotatable bonds is 0. The fraction of sp³-hybridized carbons (Fsp3) is 0.200. The molecule has 0 saturated carbocycles. The molecule has 0 amide bonds. The quantitative estimate of drug-likeness (QED) is 0.527. The van der Waals surface area contributed by atoms with Crippen LogP contribution in [0.3, 0.4) is 0 Å². The largest absolute Gasteiger partial charge is 0.355 e. The zero-order chi connectivity index (χ0) is 12.9. The lowest BCUT2D eigenvalue weighted by Crippen LogP contribution is -2.26. The average molecular weight is 461 g/mol. The van der Waals surface area contributed by atoms with Gasteiger partial charge in [-0.15, -0.1) is 0 Å². The summed E-state index contributed by atoms with van der Waals surface area (Å²) in [5, 5.41) is 3.54. The van der Waals surface area contributed by atoms with Gasteiger partial charge < -0.3 is 5.32 Å². The Hall–Kier alpha value is -0.300. The summed E-state index contributed by atoms with van der Waals surface area (Å²) in [6, 6.07) is 13.2. The third-order valence-electron chi connectivity index (χ3n) is 3.58. The van der Waals surface area contributed by atoms with E-state index in [0.29, 0.717) is 0 Å². The first-order valence-corrected chi connectivity index (χ1v) is 8.01. The van der Waals surface area contributed by atoms with Gasteiger partial charge in [-0.2, -0.15) is 0 Å². The van der Waals surface area contributed by atoms with Crippen LogP contribution in [0.2, 0.25) is 0 Å². The van der Waals surface area contributed by atoms with Gasteiger partial charge in [-0.05, 0) is 92.7 Å². The average Bonchev–Trinajstić information content (AvgIpc) is 2.32. The van der Waals surface area contributed by atoms with E-state index in [4.69, 9.17) is 0 Å². The first-order chi connectivity index (χ1) is 8.48. The minimum absolute atomic E-state index is 0.0538. The minimum atomic E-state index is 0.0538. The Labute approximate surface area is 135 Å². The van der Waals surface area contributed by atoms with Crippen molar-refractivity contribution in [2.75, 3.05) is 5.32 Å². The van der Waals surface area contributed by atoms with Gasteiger partial charge in [-0.1, -0.05) is 13.8 Å². The summed E-state index contributed by atoms with van der Waals surface area (Å²) in [5.41, 5.74) is 5.27. The highest BCUT2D eigenvalue weighted by molar-refractivity contribution is 14.1. The standard InChI is InChI=1S/C15H13I2N/c1-15(2)11-7-9(16)3-5-13(11)18-14-6-4-10(17)8-12(14)15/h3-8,18H,1-2H3. The van der Waals surface area contributed by atoms with Crippen LogP contribution in [0, 0.1) is 7.14 Å². The molecular weight excluding hydrogens is 448 g/mol. The van der Waals surface area contributed by atoms with Crippen molar-refractivity contribution in [3.8, 4) is 0 Å². The van der Waals surface area contributed by atoms with E-state index in [1.165, 1.54) is 29.6 Å². The van der Waals surface area contributed by atoms with Crippen molar-refractivity contribution in [3.63, 3.8) is 0 Å². The molecule has 1 heterocycles. The topological polar surface area (TPSA) is 12.0 Å². The molecule has 1 N–H and O–H groups in total. The molecule has 2 aromatic carbocycles. The molecule has 0 radical (unpaired) electrons. The summed E-state index contributed by atoms with van der Waals surface area (Å²) in [6.45, 7) is 4.61. The molecule has 0 unspecified atom stereocenters. The van der Waals surface area contributed by atoms with E-state index >= 15 is 0 Å². The normalized spacial score (nSPS) is 15.6. The first kappa shape index (κ1) is 12.7. The predicted octanol–water partition coefficient (Wildman–Crippen LogP) is 5.28. The van der Waals surface area contributed by atoms with Crippen molar-refractivity contribution in [1.82, 2.24) is 0 Å². The van der Waals surface area contributed by atoms with E-state index in [1.807, 2.05) is 0 Å². The molecule has 0 bridgehead atoms. The van der Waals surface area contributed by atoms with Crippen LogP contribution in [0.25, 0.3) is 0 Å². The molecule has 3 rings (SSSR count). The van der Waals surface area contributed by atoms with Crippen molar-refractivity contribution in [1.29, 1.82) is 0 Å². The Morgan fingerprint density at radius 1 is 0.833 bits per heavy atom. The molecule has 1 aliphatic rings. The molecule has 1 nitrogen and oxygen atoms in total. The van der Waals surface area contributed by atoms with Gasteiger partial charge in [0, 0.05) is 23.9 Å². The van der Waals surface area contributed by atoms with Gasteiger partial charge in [0.25, 0.3) is 0 Å². The van der Waals surface area contributed by atoms with Gasteiger partial charge in [-0.3, -0.25) is 0 Å². The molecule has 0 spiro atoms. The van der Waals surface area contributed by atoms with E-state index < -0.39 is 0 Å². The molecular formula is C15H13I2N. The number of nitrogens with one attached hydrogen (secondary N) is 1. The van der Waals surface area contributed by atoms with Gasteiger partial charge in [-0.25, -0.2) is 0 Å². The molecule has 18 heavy (non-hydrogen) atoms. The fourth-order valence-corrected chi connectivity index (χ4v) is 3.56. The maximum atomic E-state index is 3.54. The summed E-state index contributed by atoms with van der Waals surface area (Å²) < 4.78 is 2.57. The van der Waals surface area contributed by atoms with Gasteiger partial charge in [0.15, 0.2) is 0 Å². The summed E-state index contributed by atoms with van der Waals surface area (Å²) in [7, 11) is 0. The lowest BCUT2D eigenvalue weighted by atomic mass is 9.74. The van der Waals surface area contributed by atoms with Crippen molar-refractivity contribution in [2.45, 2.75) is 19.3 Å². The number of anilines is 2. The SMILES string of the molecule is CC1(C)c2cc(I)ccc2Nc2ccc(I)cc21. The summed E-state index contributed by atoms with van der Waals surface area (Å²) in [4.78, 5) is 0. The highest BCUT2D eigenvalue weighted by Crippen LogP contribution is 2.45. The van der Waals surface area contributed by atoms with Crippen molar-refractivity contribution >= 4 is 56.6 Å². The molecule has 0 fully saturated rings. The van der Waals surface area contributed by atoms with E-state index in [2.05, 4.69) is 101 Å². The van der Waals surface area contributed by atoms with Crippen LogP contribution in [-0.2, 0) is 5.41 Å². The Kier molecular flexibility index (Phi) is 3.09. The Morgan fingerprint density at radius 2 is 1.28 bits per heavy atom. The Balaban J connectivity index is 2.27. The van der Waals surface area contributed by atoms with Crippen molar-refractivity contribution < 1.29 is 0 Å². The number of hydrogen-bond donors (Lipinski definition) is 1. The number of halogens is 2. The maximum absolute atomic E-state index is 3.54. The lowest BCUT2D eigenvalue weighted by molar-refractivity contribution is 0.637. The van der Waals surface area contributed by atoms with Gasteiger partial charge in [0.1, 0.15) is 0 Å². The van der Waals surface area contributed by atoms with Crippen LogP contribution in [0.1, 0.15) is 25.0 Å². The van der Waals surface area contributed by atoms with Crippen molar-refractivity contribution in [3.05, 3.63) is 54.7 Å². The second kappa shape index (κ2) is 4.37. The van der Waals surface area contributed by atoms with E-state index in [0.717, 1.165) is 0 Å². The number of fused-ring (bicyclic) bond motifs is 2. The molecule has 1 aliphatic heterocycles. The van der Waals surface area contributed by atoms with E-state index in [-0.39, 0.29) is 5.41 Å². The Bertz CT molecular complexity index is 579. The van der Waals surface area contributed by atoms with Gasteiger partial charge >= 0.3 is 0 Å². The summed E-state index contributed by atoms with van der Waals surface area (Å²) in [5.74, 6) is 0. The first-order valence-electron chi connectivity index (χ1n) is 5.85. The molecule has 2 aromatic rings. The van der Waals surface area contributed by atoms with Crippen LogP contribution in [0.5, 0.6) is 0 Å². The van der Waals surface area contributed by atoms with E-state index in [1.54, 1.807) is 0 Å². The Morgan fingerprint density at radius 3 is 1.72 bits per heavy atom. The highest BCUT2D eigenvalue weighted by Gasteiger charge is 2.32. The van der Waals surface area contributed by atoms with Crippen LogP contribution < -0.4 is 5.32 Å². The third-order valence-corrected chi connectivity index (χ3v) is 4.92. The minimum Gasteiger partial charge on any atom is -0.355 e. The zero-order valence-electron chi connectivity index (χ0n) is 10.2. The maximum Gasteiger partial charge on any atom is 0.0426 e. The van der Waals surface area contributed by atoms with Crippen molar-refractivity contribution in [2.24, 2.45) is 0 Å². The molecule has 3 heteroatoms. The van der Waals surface area contributed by atoms with Crippen LogP contribution in [0.15, 0.2) is 36.4 Å². The second-order valence-corrected chi connectivity index (χ2v) is 7.62. The molecule has 0 aromatic heterocycles. The summed E-state index contributed by atoms with van der Waals surface area (Å²) >= 11 is 4.76. The highest BCUT2D eigenvalue weighted by atomic mass is 127. The monoisotopic (exact) mass is 461 g/mol. The summed E-state index contributed by atoms with van der Waals surface area (Å²) in [6.07, 6.45) is 0. The predicted molar refractivity (Wildman–Crippen MR) is 93.7 cm³/mol. The molecule has 0 atom stereocenters. The van der Waals surface area contributed by atoms with Gasteiger partial charge in [0.2, 0.25) is 0 Å².